The average molecular weight is 769 g/mol. The lowest BCUT2D eigenvalue weighted by atomic mass is 10.1. The Kier molecular flexibility index (Phi) is 11.1. The molecular formula is C25H24Cl3N7O9S3. The maximum absolute atomic E-state index is 12.8. The van der Waals surface area contributed by atoms with Crippen molar-refractivity contribution in [1.82, 2.24) is 15.0 Å². The minimum atomic E-state index is -4.99. The molecule has 4 N–H and O–H groups in total. The van der Waals surface area contributed by atoms with E-state index in [4.69, 9.17) is 39.4 Å². The number of aromatic hydroxyl groups is 1. The Morgan fingerprint density at radius 2 is 1.64 bits per heavy atom. The molecule has 47 heavy (non-hydrogen) atoms. The van der Waals surface area contributed by atoms with Gasteiger partial charge >= 0.3 is 0 Å². The zero-order valence-corrected chi connectivity index (χ0v) is 28.6. The van der Waals surface area contributed by atoms with Gasteiger partial charge in [0, 0.05) is 36.4 Å². The maximum Gasteiger partial charge on any atom is 0.296 e. The van der Waals surface area contributed by atoms with Gasteiger partial charge in [-0.1, -0.05) is 6.07 Å². The maximum atomic E-state index is 12.8. The summed E-state index contributed by atoms with van der Waals surface area (Å²) in [6.07, 6.45) is 0. The van der Waals surface area contributed by atoms with Gasteiger partial charge in [0.25, 0.3) is 20.2 Å². The van der Waals surface area contributed by atoms with Crippen LogP contribution < -0.4 is 10.2 Å². The van der Waals surface area contributed by atoms with Crippen LogP contribution in [0.3, 0.4) is 0 Å². The van der Waals surface area contributed by atoms with Crippen LogP contribution in [0.1, 0.15) is 0 Å². The fourth-order valence-electron chi connectivity index (χ4n) is 4.00. The van der Waals surface area contributed by atoms with E-state index in [2.05, 4.69) is 30.5 Å². The van der Waals surface area contributed by atoms with Gasteiger partial charge in [0.05, 0.1) is 21.6 Å². The fraction of sp³-hybridized carbons (Fsp3) is 0.240. The third-order valence-corrected chi connectivity index (χ3v) is 11.4. The summed E-state index contributed by atoms with van der Waals surface area (Å²) in [5.41, 5.74) is -0.366. The number of halogens is 3. The molecule has 0 amide bonds. The molecule has 0 spiro atoms. The number of phenolic OH excluding ortho intramolecular Hbond substituents is 1. The first-order chi connectivity index (χ1) is 21.9. The highest BCUT2D eigenvalue weighted by molar-refractivity contribution is 7.92. The van der Waals surface area contributed by atoms with E-state index in [9.17, 15) is 34.9 Å². The van der Waals surface area contributed by atoms with Crippen LogP contribution >= 0.6 is 34.8 Å². The number of phenols is 1. The molecule has 0 unspecified atom stereocenters. The van der Waals surface area contributed by atoms with Crippen LogP contribution in [0.5, 0.6) is 5.75 Å². The Balaban J connectivity index is 1.70. The summed E-state index contributed by atoms with van der Waals surface area (Å²) in [7, 11) is -11.7. The number of rotatable bonds is 13. The lowest BCUT2D eigenvalue weighted by Gasteiger charge is -2.17. The van der Waals surface area contributed by atoms with E-state index < -0.39 is 57.4 Å². The molecule has 16 nitrogen and oxygen atoms in total. The van der Waals surface area contributed by atoms with Crippen LogP contribution in [0.15, 0.2) is 68.6 Å². The molecule has 1 aromatic heterocycles. The number of anilines is 3. The van der Waals surface area contributed by atoms with Gasteiger partial charge in [-0.15, -0.1) is 28.3 Å². The second kappa shape index (κ2) is 14.4. The van der Waals surface area contributed by atoms with Gasteiger partial charge in [-0.2, -0.15) is 36.9 Å². The molecule has 0 radical (unpaired) electrons. The summed E-state index contributed by atoms with van der Waals surface area (Å²) in [5, 5.41) is 20.5. The third-order valence-electron chi connectivity index (χ3n) is 6.40. The number of aromatic nitrogens is 3. The zero-order chi connectivity index (χ0) is 34.7. The summed E-state index contributed by atoms with van der Waals surface area (Å²) in [5.74, 6) is -1.88. The predicted octanol–water partition coefficient (Wildman–Crippen LogP) is 4.73. The van der Waals surface area contributed by atoms with E-state index >= 15 is 0 Å². The zero-order valence-electron chi connectivity index (χ0n) is 23.9. The number of sulfone groups is 1. The number of nitrogens with zero attached hydrogens (tertiary/aromatic N) is 6. The number of hydrogen-bond donors (Lipinski definition) is 4. The highest BCUT2D eigenvalue weighted by Gasteiger charge is 2.27. The predicted molar refractivity (Wildman–Crippen MR) is 176 cm³/mol. The van der Waals surface area contributed by atoms with Gasteiger partial charge < -0.3 is 15.3 Å². The normalized spacial score (nSPS) is 12.7. The molecule has 4 aromatic rings. The first-order valence-electron chi connectivity index (χ1n) is 12.9. The molecule has 22 heteroatoms. The Hall–Kier alpha value is -3.43. The van der Waals surface area contributed by atoms with E-state index in [1.54, 1.807) is 0 Å². The molecule has 1 heterocycles. The van der Waals surface area contributed by atoms with Gasteiger partial charge in [-0.05, 0) is 59.5 Å². The standard InChI is InChI=1S/C25H24Cl3N7O9S3/c1-35(7-8-45(37,38)39)25-31-23(28)30-24(32-25)29-15-5-6-19-14(9-15)10-20(47(42,43)44)21(22(19)36)34-33-16-3-2-4-17(11-16)46(40,41)18(12-26)13-27/h2-6,9-11,18,36H,7-8,12-13H2,1H3,(H,37,38,39)(H,42,43,44)(H,29,30,31,32). The van der Waals surface area contributed by atoms with Gasteiger partial charge in [0.1, 0.15) is 10.6 Å². The summed E-state index contributed by atoms with van der Waals surface area (Å²) in [4.78, 5) is 12.4. The molecule has 3 aromatic carbocycles. The second-order valence-electron chi connectivity index (χ2n) is 9.72. The van der Waals surface area contributed by atoms with Gasteiger partial charge in [0.2, 0.25) is 17.2 Å². The number of hydrogen-bond acceptors (Lipinski definition) is 14. The summed E-state index contributed by atoms with van der Waals surface area (Å²) in [6, 6.07) is 10.5. The number of fused-ring (bicyclic) bond motifs is 1. The van der Waals surface area contributed by atoms with E-state index in [0.717, 1.165) is 6.07 Å². The van der Waals surface area contributed by atoms with Crippen LogP contribution in [-0.2, 0) is 30.1 Å². The van der Waals surface area contributed by atoms with Gasteiger partial charge in [-0.25, -0.2) is 8.42 Å². The van der Waals surface area contributed by atoms with Gasteiger partial charge in [0.15, 0.2) is 15.6 Å². The highest BCUT2D eigenvalue weighted by atomic mass is 35.5. The van der Waals surface area contributed by atoms with Crippen molar-refractivity contribution >= 4 is 105 Å². The summed E-state index contributed by atoms with van der Waals surface area (Å²) < 4.78 is 91.5. The van der Waals surface area contributed by atoms with E-state index in [1.165, 1.54) is 54.4 Å². The molecule has 0 saturated carbocycles. The molecule has 0 bridgehead atoms. The Bertz CT molecular complexity index is 2190. The van der Waals surface area contributed by atoms with E-state index in [0.29, 0.717) is 0 Å². The van der Waals surface area contributed by atoms with E-state index in [-0.39, 0.29) is 62.5 Å². The number of alkyl halides is 2. The minimum absolute atomic E-state index is 0.0201. The van der Waals surface area contributed by atoms with Gasteiger partial charge in [-0.3, -0.25) is 9.11 Å². The van der Waals surface area contributed by atoms with Crippen molar-refractivity contribution in [1.29, 1.82) is 0 Å². The Labute approximate surface area is 283 Å². The lowest BCUT2D eigenvalue weighted by Crippen LogP contribution is -2.27. The first-order valence-corrected chi connectivity index (χ1v) is 19.0. The Morgan fingerprint density at radius 1 is 0.936 bits per heavy atom. The van der Waals surface area contributed by atoms with Crippen LogP contribution in [-0.4, -0.2) is 90.8 Å². The third kappa shape index (κ3) is 8.93. The second-order valence-corrected chi connectivity index (χ2v) is 15.9. The molecule has 0 atom stereocenters. The van der Waals surface area contributed by atoms with Crippen molar-refractivity contribution in [3.8, 4) is 5.75 Å². The molecule has 0 fully saturated rings. The van der Waals surface area contributed by atoms with E-state index in [1.807, 2.05) is 0 Å². The molecular weight excluding hydrogens is 745 g/mol. The monoisotopic (exact) mass is 767 g/mol. The summed E-state index contributed by atoms with van der Waals surface area (Å²) in [6.45, 7) is -0.168. The molecule has 0 aliphatic rings. The fourth-order valence-corrected chi connectivity index (χ4v) is 7.91. The van der Waals surface area contributed by atoms with Crippen molar-refractivity contribution in [3.05, 3.63) is 53.8 Å². The van der Waals surface area contributed by atoms with Crippen molar-refractivity contribution in [2.75, 3.05) is 41.3 Å². The number of benzene rings is 3. The SMILES string of the molecule is CN(CCS(=O)(=O)O)c1nc(Cl)nc(Nc2ccc3c(O)c(N=Nc4cccc(S(=O)(=O)C(CCl)CCl)c4)c(S(=O)(=O)O)cc3c2)n1. The first kappa shape index (κ1) is 36.4. The molecule has 0 saturated heterocycles. The number of nitrogens with one attached hydrogen (secondary N) is 1. The van der Waals surface area contributed by atoms with Crippen molar-refractivity contribution in [2.24, 2.45) is 10.2 Å². The van der Waals surface area contributed by atoms with Crippen LogP contribution in [0.4, 0.5) is 29.0 Å². The smallest absolute Gasteiger partial charge is 0.296 e. The van der Waals surface area contributed by atoms with Crippen molar-refractivity contribution < 1.29 is 39.5 Å². The molecule has 0 aliphatic carbocycles. The van der Waals surface area contributed by atoms with Crippen molar-refractivity contribution in [2.45, 2.75) is 15.0 Å². The van der Waals surface area contributed by atoms with Crippen LogP contribution in [0.2, 0.25) is 5.28 Å². The van der Waals surface area contributed by atoms with Crippen LogP contribution in [0, 0.1) is 0 Å². The highest BCUT2D eigenvalue weighted by Crippen LogP contribution is 2.42. The topological polar surface area (TPSA) is 242 Å². The molecule has 252 valence electrons. The number of azo groups is 1. The molecule has 4 rings (SSSR count). The Morgan fingerprint density at radius 3 is 2.28 bits per heavy atom. The lowest BCUT2D eigenvalue weighted by molar-refractivity contribution is 0.472. The molecule has 0 aliphatic heterocycles. The summed E-state index contributed by atoms with van der Waals surface area (Å²) >= 11 is 17.5. The minimum Gasteiger partial charge on any atom is -0.505 e. The largest absolute Gasteiger partial charge is 0.505 e. The quantitative estimate of drug-likeness (QED) is 0.0817. The van der Waals surface area contributed by atoms with Crippen LogP contribution in [0.25, 0.3) is 10.8 Å². The van der Waals surface area contributed by atoms with Crippen molar-refractivity contribution in [3.63, 3.8) is 0 Å². The average Bonchev–Trinajstić information content (AvgIpc) is 2.98.